The maximum absolute atomic E-state index is 13.4. The number of halogens is 2. The number of hydrogen-bond donors (Lipinski definition) is 1. The van der Waals surface area contributed by atoms with Crippen molar-refractivity contribution < 1.29 is 26.7 Å². The summed E-state index contributed by atoms with van der Waals surface area (Å²) in [6, 6.07) is 17.2. The Labute approximate surface area is 214 Å². The number of hydrogen-bond acceptors (Lipinski definition) is 5. The van der Waals surface area contributed by atoms with Gasteiger partial charge in [-0.2, -0.15) is 11.8 Å². The smallest absolute Gasteiger partial charge is 0.264 e. The van der Waals surface area contributed by atoms with Gasteiger partial charge < -0.3 is 10.1 Å². The quantitative estimate of drug-likeness (QED) is 0.313. The Bertz CT molecular complexity index is 1220. The number of nitrogens with zero attached hydrogens (tertiary/aromatic N) is 1. The molecule has 0 aliphatic heterocycles. The first kappa shape index (κ1) is 27.5. The highest BCUT2D eigenvalue weighted by atomic mass is 32.2. The topological polar surface area (TPSA) is 75.7 Å². The molecule has 0 aliphatic rings. The van der Waals surface area contributed by atoms with Crippen LogP contribution in [-0.2, 0) is 20.6 Å². The monoisotopic (exact) mass is 534 g/mol. The van der Waals surface area contributed by atoms with E-state index in [1.165, 1.54) is 24.3 Å². The van der Waals surface area contributed by atoms with Gasteiger partial charge in [0.2, 0.25) is 5.91 Å². The molecule has 0 radical (unpaired) electrons. The van der Waals surface area contributed by atoms with Crippen LogP contribution in [0.4, 0.5) is 14.5 Å². The van der Waals surface area contributed by atoms with E-state index in [0.29, 0.717) is 25.3 Å². The zero-order valence-corrected chi connectivity index (χ0v) is 21.5. The molecule has 0 aromatic heterocycles. The van der Waals surface area contributed by atoms with Crippen molar-refractivity contribution in [3.63, 3.8) is 0 Å². The van der Waals surface area contributed by atoms with Crippen molar-refractivity contribution in [2.24, 2.45) is 0 Å². The van der Waals surface area contributed by atoms with Gasteiger partial charge in [0.15, 0.2) is 0 Å². The van der Waals surface area contributed by atoms with Crippen LogP contribution in [0.5, 0.6) is 5.75 Å². The molecule has 192 valence electrons. The van der Waals surface area contributed by atoms with Gasteiger partial charge >= 0.3 is 0 Å². The van der Waals surface area contributed by atoms with Crippen LogP contribution in [0, 0.1) is 11.6 Å². The lowest BCUT2D eigenvalue weighted by atomic mass is 10.2. The van der Waals surface area contributed by atoms with E-state index in [2.05, 4.69) is 5.32 Å². The number of rotatable bonds is 13. The predicted molar refractivity (Wildman–Crippen MR) is 139 cm³/mol. The Hall–Kier alpha value is -3.11. The van der Waals surface area contributed by atoms with Crippen molar-refractivity contribution in [2.75, 3.05) is 29.8 Å². The maximum atomic E-state index is 13.4. The Morgan fingerprint density at radius 3 is 2.17 bits per heavy atom. The van der Waals surface area contributed by atoms with Crippen LogP contribution in [-0.4, -0.2) is 39.8 Å². The van der Waals surface area contributed by atoms with Crippen LogP contribution in [0.1, 0.15) is 18.9 Å². The van der Waals surface area contributed by atoms with Crippen LogP contribution in [0.15, 0.2) is 77.7 Å². The van der Waals surface area contributed by atoms with Crippen LogP contribution in [0.2, 0.25) is 0 Å². The minimum absolute atomic E-state index is 0.122. The summed E-state index contributed by atoms with van der Waals surface area (Å²) in [5.74, 6) is 0.786. The van der Waals surface area contributed by atoms with E-state index in [0.717, 1.165) is 33.5 Å². The van der Waals surface area contributed by atoms with Crippen LogP contribution in [0.25, 0.3) is 0 Å². The second-order valence-electron chi connectivity index (χ2n) is 7.78. The van der Waals surface area contributed by atoms with E-state index in [9.17, 15) is 22.0 Å². The van der Waals surface area contributed by atoms with Gasteiger partial charge in [-0.1, -0.05) is 12.1 Å². The summed E-state index contributed by atoms with van der Waals surface area (Å²) in [5, 5.41) is 2.76. The van der Waals surface area contributed by atoms with Crippen molar-refractivity contribution in [1.82, 2.24) is 5.32 Å². The largest absolute Gasteiger partial charge is 0.494 e. The first-order valence-electron chi connectivity index (χ1n) is 11.4. The van der Waals surface area contributed by atoms with E-state index in [4.69, 9.17) is 4.74 Å². The summed E-state index contributed by atoms with van der Waals surface area (Å²) in [7, 11) is -4.13. The number of thioether (sulfide) groups is 1. The third kappa shape index (κ3) is 7.96. The van der Waals surface area contributed by atoms with Gasteiger partial charge in [0.05, 0.1) is 17.2 Å². The van der Waals surface area contributed by atoms with Crippen LogP contribution >= 0.6 is 11.8 Å². The molecule has 3 rings (SSSR count). The molecule has 0 fully saturated rings. The number of nitrogens with one attached hydrogen (secondary N) is 1. The lowest BCUT2D eigenvalue weighted by molar-refractivity contribution is -0.119. The minimum Gasteiger partial charge on any atom is -0.494 e. The van der Waals surface area contributed by atoms with Crippen molar-refractivity contribution in [3.8, 4) is 5.75 Å². The SMILES string of the molecule is CCOc1ccc(N(CC(=O)NCCCSCc2ccc(F)cc2)S(=O)(=O)c2ccc(F)cc2)cc1. The second kappa shape index (κ2) is 13.3. The molecule has 3 aromatic carbocycles. The first-order valence-corrected chi connectivity index (χ1v) is 14.0. The van der Waals surface area contributed by atoms with Crippen molar-refractivity contribution in [3.05, 3.63) is 90.0 Å². The molecule has 0 atom stereocenters. The average molecular weight is 535 g/mol. The first-order chi connectivity index (χ1) is 17.3. The zero-order chi connectivity index (χ0) is 26.0. The van der Waals surface area contributed by atoms with Gasteiger partial charge in [0.25, 0.3) is 10.0 Å². The lowest BCUT2D eigenvalue weighted by Gasteiger charge is -2.24. The van der Waals surface area contributed by atoms with Gasteiger partial charge in [0, 0.05) is 12.3 Å². The van der Waals surface area contributed by atoms with E-state index >= 15 is 0 Å². The van der Waals surface area contributed by atoms with Gasteiger partial charge in [-0.3, -0.25) is 9.10 Å². The molecule has 0 unspecified atom stereocenters. The van der Waals surface area contributed by atoms with E-state index in [-0.39, 0.29) is 16.4 Å². The number of benzene rings is 3. The molecular weight excluding hydrogens is 506 g/mol. The molecule has 0 heterocycles. The molecule has 0 bridgehead atoms. The summed E-state index contributed by atoms with van der Waals surface area (Å²) in [4.78, 5) is 12.5. The molecule has 36 heavy (non-hydrogen) atoms. The number of carbonyl (C=O) groups is 1. The van der Waals surface area contributed by atoms with Crippen LogP contribution < -0.4 is 14.4 Å². The van der Waals surface area contributed by atoms with Crippen LogP contribution in [0.3, 0.4) is 0 Å². The summed E-state index contributed by atoms with van der Waals surface area (Å²) in [6.07, 6.45) is 0.686. The molecule has 10 heteroatoms. The normalized spacial score (nSPS) is 11.2. The number of carbonyl (C=O) groups excluding carboxylic acids is 1. The second-order valence-corrected chi connectivity index (χ2v) is 10.7. The third-order valence-corrected chi connectivity index (χ3v) is 8.00. The van der Waals surface area contributed by atoms with E-state index in [1.54, 1.807) is 48.2 Å². The fourth-order valence-corrected chi connectivity index (χ4v) is 5.63. The summed E-state index contributed by atoms with van der Waals surface area (Å²) >= 11 is 1.66. The molecule has 6 nitrogen and oxygen atoms in total. The minimum atomic E-state index is -4.13. The van der Waals surface area contributed by atoms with Gasteiger partial charge in [0.1, 0.15) is 23.9 Å². The molecule has 0 aliphatic carbocycles. The number of ether oxygens (including phenoxy) is 1. The molecule has 1 amide bonds. The molecular formula is C26H28F2N2O4S2. The molecule has 0 saturated carbocycles. The number of anilines is 1. The van der Waals surface area contributed by atoms with E-state index < -0.39 is 28.3 Å². The Kier molecular flexibility index (Phi) is 10.1. The van der Waals surface area contributed by atoms with Crippen molar-refractivity contribution in [1.29, 1.82) is 0 Å². The fraction of sp³-hybridized carbons (Fsp3) is 0.269. The molecule has 1 N–H and O–H groups in total. The van der Waals surface area contributed by atoms with Crippen molar-refractivity contribution in [2.45, 2.75) is 24.0 Å². The molecule has 3 aromatic rings. The summed E-state index contributed by atoms with van der Waals surface area (Å²) < 4.78 is 59.4. The maximum Gasteiger partial charge on any atom is 0.264 e. The Balaban J connectivity index is 1.60. The van der Waals surface area contributed by atoms with Gasteiger partial charge in [-0.15, -0.1) is 0 Å². The summed E-state index contributed by atoms with van der Waals surface area (Å²) in [5.41, 5.74) is 1.30. The highest BCUT2D eigenvalue weighted by Crippen LogP contribution is 2.26. The molecule has 0 spiro atoms. The highest BCUT2D eigenvalue weighted by molar-refractivity contribution is 7.98. The number of sulfonamides is 1. The van der Waals surface area contributed by atoms with Gasteiger partial charge in [-0.25, -0.2) is 17.2 Å². The number of amides is 1. The van der Waals surface area contributed by atoms with E-state index in [1.807, 2.05) is 6.92 Å². The predicted octanol–water partition coefficient (Wildman–Crippen LogP) is 5.00. The Morgan fingerprint density at radius 2 is 1.56 bits per heavy atom. The zero-order valence-electron chi connectivity index (χ0n) is 19.8. The highest BCUT2D eigenvalue weighted by Gasteiger charge is 2.27. The third-order valence-electron chi connectivity index (χ3n) is 5.09. The molecule has 0 saturated heterocycles. The fourth-order valence-electron chi connectivity index (χ4n) is 3.28. The van der Waals surface area contributed by atoms with Crippen molar-refractivity contribution >= 4 is 33.4 Å². The average Bonchev–Trinajstić information content (AvgIpc) is 2.87. The standard InChI is InChI=1S/C26H28F2N2O4S2/c1-2-34-24-12-10-23(11-13-24)30(36(32,33)25-14-8-22(28)9-15-25)18-26(31)29-16-3-17-35-19-20-4-6-21(27)7-5-20/h4-15H,2-3,16-19H2,1H3,(H,29,31). The van der Waals surface area contributed by atoms with Gasteiger partial charge in [-0.05, 0) is 85.3 Å². The summed E-state index contributed by atoms with van der Waals surface area (Å²) in [6.45, 7) is 2.24. The Morgan fingerprint density at radius 1 is 0.944 bits per heavy atom. The lowest BCUT2D eigenvalue weighted by Crippen LogP contribution is -2.41.